The Kier molecular flexibility index (Phi) is 4.59. The average molecular weight is 262 g/mol. The highest BCUT2D eigenvalue weighted by Crippen LogP contribution is 2.18. The molecule has 1 fully saturated rings. The molecule has 3 heteroatoms. The van der Waals surface area contributed by atoms with E-state index in [2.05, 4.69) is 48.5 Å². The number of aryl methyl sites for hydroxylation is 1. The van der Waals surface area contributed by atoms with Crippen LogP contribution in [0.1, 0.15) is 36.8 Å². The van der Waals surface area contributed by atoms with Gasteiger partial charge in [-0.3, -0.25) is 0 Å². The van der Waals surface area contributed by atoms with E-state index < -0.39 is 0 Å². The molecule has 1 aliphatic carbocycles. The average Bonchev–Trinajstić information content (AvgIpc) is 2.85. The number of nitrogens with one attached hydrogen (secondary N) is 1. The lowest BCUT2D eigenvalue weighted by molar-refractivity contribution is 0.471. The molecule has 18 heavy (non-hydrogen) atoms. The zero-order valence-corrected chi connectivity index (χ0v) is 12.1. The molecule has 1 saturated carbocycles. The van der Waals surface area contributed by atoms with E-state index in [1.54, 1.807) is 0 Å². The van der Waals surface area contributed by atoms with Crippen molar-refractivity contribution in [3.05, 3.63) is 35.4 Å². The molecular formula is C15H22N2S. The fourth-order valence-corrected chi connectivity index (χ4v) is 2.63. The van der Waals surface area contributed by atoms with Crippen molar-refractivity contribution in [1.82, 2.24) is 10.2 Å². The smallest absolute Gasteiger partial charge is 0.169 e. The maximum absolute atomic E-state index is 5.45. The van der Waals surface area contributed by atoms with Crippen molar-refractivity contribution in [3.63, 3.8) is 0 Å². The number of benzene rings is 1. The Bertz CT molecular complexity index is 393. The van der Waals surface area contributed by atoms with E-state index >= 15 is 0 Å². The molecule has 0 amide bonds. The van der Waals surface area contributed by atoms with E-state index in [0.29, 0.717) is 6.04 Å². The second-order valence-electron chi connectivity index (χ2n) is 5.27. The Labute approximate surface area is 115 Å². The van der Waals surface area contributed by atoms with Gasteiger partial charge in [-0.15, -0.1) is 0 Å². The van der Waals surface area contributed by atoms with Crippen LogP contribution >= 0.6 is 12.2 Å². The van der Waals surface area contributed by atoms with Crippen LogP contribution in [0.15, 0.2) is 24.3 Å². The molecule has 0 bridgehead atoms. The summed E-state index contributed by atoms with van der Waals surface area (Å²) in [5.74, 6) is 0. The Morgan fingerprint density at radius 1 is 1.28 bits per heavy atom. The molecule has 0 unspecified atom stereocenters. The van der Waals surface area contributed by atoms with Gasteiger partial charge in [-0.2, -0.15) is 0 Å². The first-order chi connectivity index (χ1) is 8.65. The predicted molar refractivity (Wildman–Crippen MR) is 80.6 cm³/mol. The van der Waals surface area contributed by atoms with Gasteiger partial charge in [-0.1, -0.05) is 42.7 Å². The Hall–Kier alpha value is -1.09. The molecule has 0 radical (unpaired) electrons. The zero-order chi connectivity index (χ0) is 13.0. The van der Waals surface area contributed by atoms with Gasteiger partial charge in [0.2, 0.25) is 0 Å². The first-order valence-electron chi connectivity index (χ1n) is 6.72. The van der Waals surface area contributed by atoms with Crippen molar-refractivity contribution < 1.29 is 0 Å². The highest BCUT2D eigenvalue weighted by atomic mass is 32.1. The van der Waals surface area contributed by atoms with Gasteiger partial charge in [0.05, 0.1) is 0 Å². The third-order valence-corrected chi connectivity index (χ3v) is 4.00. The normalized spacial score (nSPS) is 15.7. The number of rotatable bonds is 3. The lowest BCUT2D eigenvalue weighted by Gasteiger charge is -2.24. The molecule has 0 heterocycles. The Morgan fingerprint density at radius 2 is 1.89 bits per heavy atom. The van der Waals surface area contributed by atoms with Crippen molar-refractivity contribution in [3.8, 4) is 0 Å². The van der Waals surface area contributed by atoms with Crippen molar-refractivity contribution in [1.29, 1.82) is 0 Å². The van der Waals surface area contributed by atoms with Gasteiger partial charge >= 0.3 is 0 Å². The Balaban J connectivity index is 1.84. The van der Waals surface area contributed by atoms with Gasteiger partial charge in [-0.05, 0) is 37.5 Å². The zero-order valence-electron chi connectivity index (χ0n) is 11.3. The molecule has 98 valence electrons. The van der Waals surface area contributed by atoms with Crippen LogP contribution in [0.2, 0.25) is 0 Å². The van der Waals surface area contributed by atoms with E-state index in [1.807, 2.05) is 0 Å². The van der Waals surface area contributed by atoms with Crippen molar-refractivity contribution >= 4 is 17.3 Å². The van der Waals surface area contributed by atoms with Crippen molar-refractivity contribution in [2.45, 2.75) is 45.2 Å². The number of hydrogen-bond donors (Lipinski definition) is 1. The summed E-state index contributed by atoms with van der Waals surface area (Å²) >= 11 is 5.45. The molecule has 0 spiro atoms. The number of nitrogens with zero attached hydrogens (tertiary/aromatic N) is 1. The quantitative estimate of drug-likeness (QED) is 0.842. The summed E-state index contributed by atoms with van der Waals surface area (Å²) in [7, 11) is 2.06. The monoisotopic (exact) mass is 262 g/mol. The number of hydrogen-bond acceptors (Lipinski definition) is 1. The summed E-state index contributed by atoms with van der Waals surface area (Å²) in [6, 6.07) is 9.24. The van der Waals surface area contributed by atoms with E-state index in [-0.39, 0.29) is 0 Å². The summed E-state index contributed by atoms with van der Waals surface area (Å²) in [4.78, 5) is 2.12. The molecule has 1 aromatic carbocycles. The van der Waals surface area contributed by atoms with Crippen LogP contribution in [0.25, 0.3) is 0 Å². The van der Waals surface area contributed by atoms with Crippen molar-refractivity contribution in [2.75, 3.05) is 7.05 Å². The summed E-state index contributed by atoms with van der Waals surface area (Å²) in [5, 5.41) is 4.34. The SMILES string of the molecule is Cc1ccc(CN(C)C(=S)NC2CCCC2)cc1. The molecule has 0 aromatic heterocycles. The third kappa shape index (κ3) is 3.70. The van der Waals surface area contributed by atoms with Gasteiger partial charge in [0.1, 0.15) is 0 Å². The number of thiocarbonyl (C=S) groups is 1. The second kappa shape index (κ2) is 6.19. The lowest BCUT2D eigenvalue weighted by Crippen LogP contribution is -2.41. The fraction of sp³-hybridized carbons (Fsp3) is 0.533. The molecule has 1 N–H and O–H groups in total. The lowest BCUT2D eigenvalue weighted by atomic mass is 10.1. The molecule has 0 atom stereocenters. The van der Waals surface area contributed by atoms with Crippen LogP contribution in [0.3, 0.4) is 0 Å². The van der Waals surface area contributed by atoms with E-state index in [9.17, 15) is 0 Å². The van der Waals surface area contributed by atoms with Crippen LogP contribution in [0, 0.1) is 6.92 Å². The van der Waals surface area contributed by atoms with Gasteiger partial charge in [0.15, 0.2) is 5.11 Å². The molecule has 2 rings (SSSR count). The van der Waals surface area contributed by atoms with E-state index in [1.165, 1.54) is 36.8 Å². The van der Waals surface area contributed by atoms with Gasteiger partial charge in [0, 0.05) is 19.6 Å². The summed E-state index contributed by atoms with van der Waals surface area (Å²) in [6.07, 6.45) is 5.20. The minimum Gasteiger partial charge on any atom is -0.360 e. The first-order valence-corrected chi connectivity index (χ1v) is 7.13. The summed E-state index contributed by atoms with van der Waals surface area (Å²) < 4.78 is 0. The molecule has 0 aliphatic heterocycles. The molecular weight excluding hydrogens is 240 g/mol. The van der Waals surface area contributed by atoms with Gasteiger partial charge in [-0.25, -0.2) is 0 Å². The second-order valence-corrected chi connectivity index (χ2v) is 5.66. The summed E-state index contributed by atoms with van der Waals surface area (Å²) in [6.45, 7) is 2.98. The highest BCUT2D eigenvalue weighted by Gasteiger charge is 2.16. The van der Waals surface area contributed by atoms with Crippen LogP contribution in [-0.4, -0.2) is 23.1 Å². The van der Waals surface area contributed by atoms with Crippen LogP contribution in [0.4, 0.5) is 0 Å². The van der Waals surface area contributed by atoms with Gasteiger partial charge < -0.3 is 10.2 Å². The largest absolute Gasteiger partial charge is 0.360 e. The maximum atomic E-state index is 5.45. The summed E-state index contributed by atoms with van der Waals surface area (Å²) in [5.41, 5.74) is 2.60. The minimum atomic E-state index is 0.595. The van der Waals surface area contributed by atoms with Crippen LogP contribution < -0.4 is 5.32 Å². The Morgan fingerprint density at radius 3 is 2.50 bits per heavy atom. The third-order valence-electron chi connectivity index (χ3n) is 3.57. The topological polar surface area (TPSA) is 15.3 Å². The van der Waals surface area contributed by atoms with Crippen LogP contribution in [-0.2, 0) is 6.54 Å². The molecule has 0 saturated heterocycles. The standard InChI is InChI=1S/C15H22N2S/c1-12-7-9-13(10-8-12)11-17(2)15(18)16-14-5-3-4-6-14/h7-10,14H,3-6,11H2,1-2H3,(H,16,18). The minimum absolute atomic E-state index is 0.595. The molecule has 2 nitrogen and oxygen atoms in total. The predicted octanol–water partition coefficient (Wildman–Crippen LogP) is 3.24. The highest BCUT2D eigenvalue weighted by molar-refractivity contribution is 7.80. The van der Waals surface area contributed by atoms with Crippen molar-refractivity contribution in [2.24, 2.45) is 0 Å². The van der Waals surface area contributed by atoms with Gasteiger partial charge in [0.25, 0.3) is 0 Å². The first kappa shape index (κ1) is 13.3. The van der Waals surface area contributed by atoms with E-state index in [0.717, 1.165) is 11.7 Å². The fourth-order valence-electron chi connectivity index (χ4n) is 2.39. The van der Waals surface area contributed by atoms with E-state index in [4.69, 9.17) is 12.2 Å². The molecule has 1 aliphatic rings. The maximum Gasteiger partial charge on any atom is 0.169 e. The molecule has 1 aromatic rings. The van der Waals surface area contributed by atoms with Crippen LogP contribution in [0.5, 0.6) is 0 Å².